The first-order valence-electron chi connectivity index (χ1n) is 8.47. The van der Waals surface area contributed by atoms with Crippen LogP contribution in [0.25, 0.3) is 22.2 Å². The molecule has 0 atom stereocenters. The molecule has 0 saturated carbocycles. The van der Waals surface area contributed by atoms with E-state index in [4.69, 9.17) is 4.52 Å². The van der Waals surface area contributed by atoms with Gasteiger partial charge in [-0.15, -0.1) is 11.3 Å². The fourth-order valence-corrected chi connectivity index (χ4v) is 3.32. The van der Waals surface area contributed by atoms with E-state index in [9.17, 15) is 4.79 Å². The maximum Gasteiger partial charge on any atom is 0.276 e. The molecule has 0 aliphatic carbocycles. The van der Waals surface area contributed by atoms with Crippen LogP contribution >= 0.6 is 11.3 Å². The fraction of sp³-hybridized carbons (Fsp3) is 0.158. The SMILES string of the molecule is CCn1ccc(C(=O)Nc2ccsc2-c2nc(-c3ccc(C)cc3)no2)n1. The van der Waals surface area contributed by atoms with Gasteiger partial charge < -0.3 is 9.84 Å². The Kier molecular flexibility index (Phi) is 4.55. The van der Waals surface area contributed by atoms with E-state index in [0.29, 0.717) is 34.5 Å². The van der Waals surface area contributed by atoms with Crippen LogP contribution in [-0.4, -0.2) is 25.8 Å². The second-order valence-corrected chi connectivity index (χ2v) is 6.88. The van der Waals surface area contributed by atoms with Crippen molar-refractivity contribution in [1.29, 1.82) is 0 Å². The molecule has 136 valence electrons. The van der Waals surface area contributed by atoms with E-state index in [1.165, 1.54) is 11.3 Å². The van der Waals surface area contributed by atoms with E-state index in [2.05, 4.69) is 20.6 Å². The lowest BCUT2D eigenvalue weighted by atomic mass is 10.1. The molecule has 4 aromatic rings. The summed E-state index contributed by atoms with van der Waals surface area (Å²) in [6.45, 7) is 4.70. The molecule has 8 heteroatoms. The number of carbonyl (C=O) groups is 1. The van der Waals surface area contributed by atoms with Crippen molar-refractivity contribution < 1.29 is 9.32 Å². The Balaban J connectivity index is 1.57. The van der Waals surface area contributed by atoms with Crippen LogP contribution in [0.15, 0.2) is 52.5 Å². The van der Waals surface area contributed by atoms with Gasteiger partial charge in [-0.1, -0.05) is 35.0 Å². The molecule has 1 amide bonds. The third kappa shape index (κ3) is 3.52. The lowest BCUT2D eigenvalue weighted by Gasteiger charge is -2.02. The monoisotopic (exact) mass is 379 g/mol. The second kappa shape index (κ2) is 7.16. The van der Waals surface area contributed by atoms with E-state index < -0.39 is 0 Å². The first kappa shape index (κ1) is 17.2. The van der Waals surface area contributed by atoms with Gasteiger partial charge in [-0.05, 0) is 31.4 Å². The van der Waals surface area contributed by atoms with Gasteiger partial charge in [0.2, 0.25) is 5.82 Å². The van der Waals surface area contributed by atoms with Crippen LogP contribution in [0, 0.1) is 6.92 Å². The Morgan fingerprint density at radius 2 is 2.04 bits per heavy atom. The average Bonchev–Trinajstić information content (AvgIpc) is 3.42. The van der Waals surface area contributed by atoms with Crippen molar-refractivity contribution >= 4 is 22.9 Å². The molecule has 3 aromatic heterocycles. The van der Waals surface area contributed by atoms with Gasteiger partial charge in [-0.25, -0.2) is 0 Å². The minimum atomic E-state index is -0.278. The highest BCUT2D eigenvalue weighted by Crippen LogP contribution is 2.34. The van der Waals surface area contributed by atoms with Gasteiger partial charge in [-0.2, -0.15) is 10.1 Å². The largest absolute Gasteiger partial charge is 0.333 e. The lowest BCUT2D eigenvalue weighted by molar-refractivity contribution is 0.102. The predicted octanol–water partition coefficient (Wildman–Crippen LogP) is 4.24. The molecule has 0 saturated heterocycles. The van der Waals surface area contributed by atoms with Gasteiger partial charge in [-0.3, -0.25) is 9.48 Å². The summed E-state index contributed by atoms with van der Waals surface area (Å²) >= 11 is 1.42. The van der Waals surface area contributed by atoms with E-state index in [0.717, 1.165) is 11.1 Å². The van der Waals surface area contributed by atoms with Crippen molar-refractivity contribution in [3.63, 3.8) is 0 Å². The average molecular weight is 379 g/mol. The molecule has 4 rings (SSSR count). The van der Waals surface area contributed by atoms with E-state index in [1.807, 2.05) is 49.6 Å². The van der Waals surface area contributed by atoms with Gasteiger partial charge in [0.15, 0.2) is 5.69 Å². The minimum absolute atomic E-state index is 0.278. The number of thiophene rings is 1. The molecule has 0 radical (unpaired) electrons. The first-order chi connectivity index (χ1) is 13.1. The molecular weight excluding hydrogens is 362 g/mol. The van der Waals surface area contributed by atoms with Crippen LogP contribution < -0.4 is 5.32 Å². The molecule has 0 aliphatic heterocycles. The number of benzene rings is 1. The highest BCUT2D eigenvalue weighted by atomic mass is 32.1. The molecule has 0 bridgehead atoms. The maximum absolute atomic E-state index is 12.4. The smallest absolute Gasteiger partial charge is 0.276 e. The number of amides is 1. The summed E-state index contributed by atoms with van der Waals surface area (Å²) in [5, 5.41) is 13.0. The van der Waals surface area contributed by atoms with Crippen molar-refractivity contribution in [2.45, 2.75) is 20.4 Å². The van der Waals surface area contributed by atoms with Crippen molar-refractivity contribution in [3.8, 4) is 22.2 Å². The van der Waals surface area contributed by atoms with E-state index in [-0.39, 0.29) is 5.91 Å². The second-order valence-electron chi connectivity index (χ2n) is 5.96. The summed E-state index contributed by atoms with van der Waals surface area (Å²) in [4.78, 5) is 17.6. The molecule has 0 unspecified atom stereocenters. The highest BCUT2D eigenvalue weighted by Gasteiger charge is 2.18. The van der Waals surface area contributed by atoms with Crippen LogP contribution in [0.1, 0.15) is 23.0 Å². The quantitative estimate of drug-likeness (QED) is 0.560. The zero-order valence-electron chi connectivity index (χ0n) is 14.8. The summed E-state index contributed by atoms with van der Waals surface area (Å²) in [6, 6.07) is 11.4. The summed E-state index contributed by atoms with van der Waals surface area (Å²) in [5.74, 6) is 0.604. The van der Waals surface area contributed by atoms with Crippen LogP contribution in [0.4, 0.5) is 5.69 Å². The number of nitrogens with one attached hydrogen (secondary N) is 1. The van der Waals surface area contributed by atoms with Crippen molar-refractivity contribution in [3.05, 3.63) is 59.2 Å². The van der Waals surface area contributed by atoms with Crippen LogP contribution in [0.3, 0.4) is 0 Å². The third-order valence-electron chi connectivity index (χ3n) is 4.04. The summed E-state index contributed by atoms with van der Waals surface area (Å²) in [7, 11) is 0. The number of aromatic nitrogens is 4. The first-order valence-corrected chi connectivity index (χ1v) is 9.35. The Hall–Kier alpha value is -3.26. The van der Waals surface area contributed by atoms with Crippen LogP contribution in [-0.2, 0) is 6.54 Å². The highest BCUT2D eigenvalue weighted by molar-refractivity contribution is 7.14. The predicted molar refractivity (Wildman–Crippen MR) is 104 cm³/mol. The molecule has 0 spiro atoms. The van der Waals surface area contributed by atoms with Crippen LogP contribution in [0.2, 0.25) is 0 Å². The normalized spacial score (nSPS) is 10.9. The summed E-state index contributed by atoms with van der Waals surface area (Å²) in [5.41, 5.74) is 3.02. The molecular formula is C19H17N5O2S. The third-order valence-corrected chi connectivity index (χ3v) is 4.94. The topological polar surface area (TPSA) is 85.8 Å². The van der Waals surface area contributed by atoms with E-state index >= 15 is 0 Å². The number of nitrogens with zero attached hydrogens (tertiary/aromatic N) is 4. The molecule has 1 aromatic carbocycles. The Morgan fingerprint density at radius 3 is 2.78 bits per heavy atom. The molecule has 1 N–H and O–H groups in total. The minimum Gasteiger partial charge on any atom is -0.333 e. The number of carbonyl (C=O) groups excluding carboxylic acids is 1. The fourth-order valence-electron chi connectivity index (χ4n) is 2.55. The standard InChI is InChI=1S/C19H17N5O2S/c1-3-24-10-8-15(22-24)18(25)20-14-9-11-27-16(14)19-21-17(23-26-19)13-6-4-12(2)5-7-13/h4-11H,3H2,1-2H3,(H,20,25). The van der Waals surface area contributed by atoms with Crippen molar-refractivity contribution in [2.24, 2.45) is 0 Å². The molecule has 3 heterocycles. The molecule has 0 aliphatic rings. The van der Waals surface area contributed by atoms with E-state index in [1.54, 1.807) is 16.9 Å². The zero-order valence-corrected chi connectivity index (χ0v) is 15.7. The number of rotatable bonds is 5. The van der Waals surface area contributed by atoms with Gasteiger partial charge in [0, 0.05) is 18.3 Å². The van der Waals surface area contributed by atoms with Gasteiger partial charge >= 0.3 is 0 Å². The number of hydrogen-bond donors (Lipinski definition) is 1. The maximum atomic E-state index is 12.4. The van der Waals surface area contributed by atoms with Gasteiger partial charge in [0.05, 0.1) is 5.69 Å². The Morgan fingerprint density at radius 1 is 1.22 bits per heavy atom. The van der Waals surface area contributed by atoms with Crippen molar-refractivity contribution in [1.82, 2.24) is 19.9 Å². The summed E-state index contributed by atoms with van der Waals surface area (Å²) in [6.07, 6.45) is 1.77. The zero-order chi connectivity index (χ0) is 18.8. The lowest BCUT2D eigenvalue weighted by Crippen LogP contribution is -2.13. The van der Waals surface area contributed by atoms with Crippen molar-refractivity contribution in [2.75, 3.05) is 5.32 Å². The number of aryl methyl sites for hydroxylation is 2. The number of anilines is 1. The molecule has 7 nitrogen and oxygen atoms in total. The molecule has 0 fully saturated rings. The summed E-state index contributed by atoms with van der Waals surface area (Å²) < 4.78 is 7.13. The van der Waals surface area contributed by atoms with Gasteiger partial charge in [0.25, 0.3) is 11.8 Å². The number of hydrogen-bond acceptors (Lipinski definition) is 6. The van der Waals surface area contributed by atoms with Crippen LogP contribution in [0.5, 0.6) is 0 Å². The Labute approximate surface area is 159 Å². The Bertz CT molecular complexity index is 1080. The van der Waals surface area contributed by atoms with Gasteiger partial charge in [0.1, 0.15) is 4.88 Å². The molecule has 27 heavy (non-hydrogen) atoms.